The summed E-state index contributed by atoms with van der Waals surface area (Å²) in [6.07, 6.45) is 2.47. The van der Waals surface area contributed by atoms with E-state index in [0.717, 1.165) is 22.4 Å². The van der Waals surface area contributed by atoms with Gasteiger partial charge in [-0.1, -0.05) is 36.4 Å². The van der Waals surface area contributed by atoms with Gasteiger partial charge in [-0.25, -0.2) is 0 Å². The summed E-state index contributed by atoms with van der Waals surface area (Å²) in [5.41, 5.74) is 2.94. The van der Waals surface area contributed by atoms with Gasteiger partial charge in [0, 0.05) is 12.5 Å². The van der Waals surface area contributed by atoms with Crippen LogP contribution in [-0.4, -0.2) is 12.2 Å². The van der Waals surface area contributed by atoms with E-state index in [9.17, 15) is 9.90 Å². The molecule has 0 spiro atoms. The van der Waals surface area contributed by atoms with Crippen molar-refractivity contribution in [3.63, 3.8) is 0 Å². The molecule has 1 N–H and O–H groups in total. The molecule has 24 heavy (non-hydrogen) atoms. The SMILES string of the molecule is COc1ccc(-c2ccc(CCc3occc(=O)c3O)cc2)cc1. The van der Waals surface area contributed by atoms with E-state index in [2.05, 4.69) is 12.1 Å². The number of hydrogen-bond acceptors (Lipinski definition) is 4. The van der Waals surface area contributed by atoms with Crippen molar-refractivity contribution in [3.8, 4) is 22.6 Å². The average Bonchev–Trinajstić information content (AvgIpc) is 2.63. The fourth-order valence-electron chi connectivity index (χ4n) is 2.53. The van der Waals surface area contributed by atoms with Crippen LogP contribution >= 0.6 is 0 Å². The Kier molecular flexibility index (Phi) is 4.66. The number of methoxy groups -OCH3 is 1. The lowest BCUT2D eigenvalue weighted by Gasteiger charge is -2.06. The van der Waals surface area contributed by atoms with Gasteiger partial charge in [0.25, 0.3) is 0 Å². The first kappa shape index (κ1) is 15.9. The highest BCUT2D eigenvalue weighted by Gasteiger charge is 2.07. The minimum Gasteiger partial charge on any atom is -0.502 e. The first-order valence-electron chi connectivity index (χ1n) is 7.70. The normalized spacial score (nSPS) is 10.5. The number of benzene rings is 2. The predicted octanol–water partition coefficient (Wildman–Crippen LogP) is 3.81. The summed E-state index contributed by atoms with van der Waals surface area (Å²) < 4.78 is 10.4. The fraction of sp³-hybridized carbons (Fsp3) is 0.150. The molecule has 0 amide bonds. The summed E-state index contributed by atoms with van der Waals surface area (Å²) in [6.45, 7) is 0. The van der Waals surface area contributed by atoms with E-state index < -0.39 is 5.43 Å². The summed E-state index contributed by atoms with van der Waals surface area (Å²) in [6, 6.07) is 17.3. The molecule has 0 radical (unpaired) electrons. The molecule has 0 aliphatic rings. The third-order valence-electron chi connectivity index (χ3n) is 3.95. The van der Waals surface area contributed by atoms with Gasteiger partial charge < -0.3 is 14.3 Å². The minimum atomic E-state index is -0.411. The molecule has 0 aliphatic heterocycles. The Morgan fingerprint density at radius 2 is 1.54 bits per heavy atom. The molecule has 0 unspecified atom stereocenters. The molecule has 0 aliphatic carbocycles. The molecule has 3 rings (SSSR count). The van der Waals surface area contributed by atoms with Gasteiger partial charge in [0.15, 0.2) is 0 Å². The lowest BCUT2D eigenvalue weighted by Crippen LogP contribution is -2.02. The molecule has 1 heterocycles. The molecule has 0 saturated heterocycles. The van der Waals surface area contributed by atoms with Crippen molar-refractivity contribution in [1.29, 1.82) is 0 Å². The number of aryl methyl sites for hydroxylation is 2. The first-order valence-corrected chi connectivity index (χ1v) is 7.70. The largest absolute Gasteiger partial charge is 0.502 e. The lowest BCUT2D eigenvalue weighted by atomic mass is 10.0. The van der Waals surface area contributed by atoms with E-state index >= 15 is 0 Å². The molecule has 0 bridgehead atoms. The van der Waals surface area contributed by atoms with Crippen LogP contribution in [0.2, 0.25) is 0 Å². The lowest BCUT2D eigenvalue weighted by molar-refractivity contribution is 0.399. The molecule has 0 saturated carbocycles. The summed E-state index contributed by atoms with van der Waals surface area (Å²) in [5.74, 6) is 0.855. The highest BCUT2D eigenvalue weighted by atomic mass is 16.5. The van der Waals surface area contributed by atoms with Crippen molar-refractivity contribution in [2.24, 2.45) is 0 Å². The van der Waals surface area contributed by atoms with Crippen molar-refractivity contribution in [1.82, 2.24) is 0 Å². The molecule has 2 aromatic carbocycles. The minimum absolute atomic E-state index is 0.299. The average molecular weight is 322 g/mol. The number of ether oxygens (including phenoxy) is 1. The van der Waals surface area contributed by atoms with E-state index in [1.807, 2.05) is 36.4 Å². The highest BCUT2D eigenvalue weighted by molar-refractivity contribution is 5.64. The Labute approximate surface area is 140 Å². The molecule has 3 aromatic rings. The third kappa shape index (κ3) is 3.49. The molecule has 4 nitrogen and oxygen atoms in total. The zero-order chi connectivity index (χ0) is 16.9. The van der Waals surface area contributed by atoms with Crippen molar-refractivity contribution in [3.05, 3.63) is 82.4 Å². The highest BCUT2D eigenvalue weighted by Crippen LogP contribution is 2.23. The summed E-state index contributed by atoms with van der Waals surface area (Å²) >= 11 is 0. The summed E-state index contributed by atoms with van der Waals surface area (Å²) in [4.78, 5) is 11.4. The Morgan fingerprint density at radius 3 is 2.17 bits per heavy atom. The van der Waals surface area contributed by atoms with E-state index in [0.29, 0.717) is 18.6 Å². The van der Waals surface area contributed by atoms with Crippen molar-refractivity contribution >= 4 is 0 Å². The number of aromatic hydroxyl groups is 1. The number of rotatable bonds is 5. The van der Waals surface area contributed by atoms with Crippen LogP contribution in [0.1, 0.15) is 11.3 Å². The quantitative estimate of drug-likeness (QED) is 0.776. The first-order chi connectivity index (χ1) is 11.7. The van der Waals surface area contributed by atoms with Gasteiger partial charge in [-0.2, -0.15) is 0 Å². The van der Waals surface area contributed by atoms with E-state index in [-0.39, 0.29) is 5.75 Å². The van der Waals surface area contributed by atoms with Crippen LogP contribution in [0.5, 0.6) is 11.5 Å². The van der Waals surface area contributed by atoms with Crippen LogP contribution in [0.3, 0.4) is 0 Å². The van der Waals surface area contributed by atoms with E-state index in [1.54, 1.807) is 7.11 Å². The Balaban J connectivity index is 1.70. The second-order valence-corrected chi connectivity index (χ2v) is 5.48. The molecular weight excluding hydrogens is 304 g/mol. The van der Waals surface area contributed by atoms with Gasteiger partial charge in [-0.05, 0) is 35.2 Å². The van der Waals surface area contributed by atoms with Crippen LogP contribution in [-0.2, 0) is 12.8 Å². The predicted molar refractivity (Wildman–Crippen MR) is 92.5 cm³/mol. The van der Waals surface area contributed by atoms with Gasteiger partial charge >= 0.3 is 0 Å². The Bertz CT molecular complexity index is 861. The van der Waals surface area contributed by atoms with Gasteiger partial charge in [0.1, 0.15) is 11.5 Å². The van der Waals surface area contributed by atoms with Crippen molar-refractivity contribution in [2.75, 3.05) is 7.11 Å². The van der Waals surface area contributed by atoms with Crippen molar-refractivity contribution in [2.45, 2.75) is 12.8 Å². The fourth-order valence-corrected chi connectivity index (χ4v) is 2.53. The number of hydrogen-bond donors (Lipinski definition) is 1. The third-order valence-corrected chi connectivity index (χ3v) is 3.95. The van der Waals surface area contributed by atoms with Gasteiger partial charge in [0.05, 0.1) is 13.4 Å². The zero-order valence-corrected chi connectivity index (χ0v) is 13.4. The van der Waals surface area contributed by atoms with Crippen LogP contribution in [0.25, 0.3) is 11.1 Å². The maximum absolute atomic E-state index is 11.4. The maximum Gasteiger partial charge on any atom is 0.226 e. The van der Waals surface area contributed by atoms with Crippen molar-refractivity contribution < 1.29 is 14.3 Å². The zero-order valence-electron chi connectivity index (χ0n) is 13.4. The van der Waals surface area contributed by atoms with Crippen LogP contribution in [0.4, 0.5) is 0 Å². The summed E-state index contributed by atoms with van der Waals surface area (Å²) in [5, 5.41) is 9.69. The molecule has 4 heteroatoms. The Morgan fingerprint density at radius 1 is 0.917 bits per heavy atom. The molecule has 122 valence electrons. The molecule has 1 aromatic heterocycles. The Hall–Kier alpha value is -3.01. The monoisotopic (exact) mass is 322 g/mol. The smallest absolute Gasteiger partial charge is 0.226 e. The van der Waals surface area contributed by atoms with Crippen LogP contribution < -0.4 is 10.2 Å². The van der Waals surface area contributed by atoms with Gasteiger partial charge in [0.2, 0.25) is 11.2 Å². The second-order valence-electron chi connectivity index (χ2n) is 5.48. The van der Waals surface area contributed by atoms with E-state index in [4.69, 9.17) is 9.15 Å². The second kappa shape index (κ2) is 7.04. The molecule has 0 fully saturated rings. The molecule has 0 atom stereocenters. The molecular formula is C20H18O4. The topological polar surface area (TPSA) is 59.7 Å². The maximum atomic E-state index is 11.4. The van der Waals surface area contributed by atoms with Crippen LogP contribution in [0, 0.1) is 0 Å². The van der Waals surface area contributed by atoms with E-state index in [1.165, 1.54) is 12.3 Å². The van der Waals surface area contributed by atoms with Gasteiger partial charge in [-0.15, -0.1) is 0 Å². The van der Waals surface area contributed by atoms with Crippen LogP contribution in [0.15, 0.2) is 70.1 Å². The van der Waals surface area contributed by atoms with Gasteiger partial charge in [-0.3, -0.25) is 4.79 Å². The summed E-state index contributed by atoms with van der Waals surface area (Å²) in [7, 11) is 1.65. The standard InChI is InChI=1S/C20H18O4/c1-23-17-9-7-16(8-10-17)15-5-2-14(3-6-15)4-11-19-20(22)18(21)12-13-24-19/h2-3,5-10,12-13,22H,4,11H2,1H3.